The van der Waals surface area contributed by atoms with Crippen molar-refractivity contribution in [2.24, 2.45) is 5.41 Å². The topological polar surface area (TPSA) is 69.7 Å². The highest BCUT2D eigenvalue weighted by Crippen LogP contribution is 2.14. The van der Waals surface area contributed by atoms with Crippen LogP contribution in [0.5, 0.6) is 0 Å². The van der Waals surface area contributed by atoms with E-state index in [1.54, 1.807) is 27.7 Å². The highest BCUT2D eigenvalue weighted by atomic mass is 16.5. The quantitative estimate of drug-likeness (QED) is 0.522. The van der Waals surface area contributed by atoms with Gasteiger partial charge >= 0.3 is 11.9 Å². The molecule has 5 nitrogen and oxygen atoms in total. The fraction of sp³-hybridized carbons (Fsp3) is 0.727. The molecule has 0 bridgehead atoms. The van der Waals surface area contributed by atoms with Crippen LogP contribution in [0, 0.1) is 5.41 Å². The third kappa shape index (κ3) is 6.16. The number of hydrogen-bond acceptors (Lipinski definition) is 5. The van der Waals surface area contributed by atoms with E-state index in [4.69, 9.17) is 4.74 Å². The van der Waals surface area contributed by atoms with Crippen molar-refractivity contribution in [1.29, 1.82) is 0 Å². The Morgan fingerprint density at radius 3 is 2.06 bits per heavy atom. The minimum absolute atomic E-state index is 0.230. The lowest BCUT2D eigenvalue weighted by Gasteiger charge is -2.15. The van der Waals surface area contributed by atoms with Crippen LogP contribution in [-0.2, 0) is 23.9 Å². The van der Waals surface area contributed by atoms with Gasteiger partial charge in [0.15, 0.2) is 12.4 Å². The summed E-state index contributed by atoms with van der Waals surface area (Å²) in [5, 5.41) is 0. The molecular formula is C11H18O5. The molecular weight excluding hydrogens is 212 g/mol. The number of ether oxygens (including phenoxy) is 2. The van der Waals surface area contributed by atoms with Crippen molar-refractivity contribution in [2.75, 3.05) is 13.2 Å². The Kier molecular flexibility index (Phi) is 5.71. The second-order valence-corrected chi connectivity index (χ2v) is 4.35. The van der Waals surface area contributed by atoms with Gasteiger partial charge in [0.2, 0.25) is 0 Å². The van der Waals surface area contributed by atoms with Crippen molar-refractivity contribution in [3.05, 3.63) is 0 Å². The molecule has 0 heterocycles. The highest BCUT2D eigenvalue weighted by Gasteiger charge is 2.24. The van der Waals surface area contributed by atoms with E-state index in [9.17, 15) is 14.4 Å². The van der Waals surface area contributed by atoms with E-state index in [2.05, 4.69) is 4.74 Å². The van der Waals surface area contributed by atoms with Crippen LogP contribution in [0.15, 0.2) is 0 Å². The van der Waals surface area contributed by atoms with Gasteiger partial charge in [0.25, 0.3) is 0 Å². The summed E-state index contributed by atoms with van der Waals surface area (Å²) in [6.07, 6.45) is -0.356. The van der Waals surface area contributed by atoms with E-state index in [0.29, 0.717) is 0 Å². The lowest BCUT2D eigenvalue weighted by molar-refractivity contribution is -0.157. The molecule has 0 aromatic carbocycles. The maximum atomic E-state index is 11.3. The largest absolute Gasteiger partial charge is 0.466 e. The second kappa shape index (κ2) is 6.25. The number of ketones is 1. The summed E-state index contributed by atoms with van der Waals surface area (Å²) in [4.78, 5) is 33.4. The number of Topliss-reactive ketones (excluding diaryl/α,β-unsaturated/α-hetero) is 1. The Balaban J connectivity index is 3.91. The van der Waals surface area contributed by atoms with E-state index >= 15 is 0 Å². The zero-order valence-electron chi connectivity index (χ0n) is 10.2. The van der Waals surface area contributed by atoms with Gasteiger partial charge < -0.3 is 9.47 Å². The van der Waals surface area contributed by atoms with Crippen LogP contribution in [0.2, 0.25) is 0 Å². The Hall–Kier alpha value is -1.39. The number of rotatable bonds is 5. The van der Waals surface area contributed by atoms with E-state index in [0.717, 1.165) is 0 Å². The van der Waals surface area contributed by atoms with Crippen LogP contribution < -0.4 is 0 Å². The molecule has 0 rings (SSSR count). The summed E-state index contributed by atoms with van der Waals surface area (Å²) < 4.78 is 9.34. The molecule has 0 unspecified atom stereocenters. The zero-order valence-corrected chi connectivity index (χ0v) is 10.2. The van der Waals surface area contributed by atoms with Crippen LogP contribution in [0.25, 0.3) is 0 Å². The predicted octanol–water partition coefficient (Wildman–Crippen LogP) is 1.10. The molecule has 0 atom stereocenters. The number of esters is 2. The summed E-state index contributed by atoms with van der Waals surface area (Å²) in [5.74, 6) is -1.53. The Labute approximate surface area is 95.1 Å². The van der Waals surface area contributed by atoms with Gasteiger partial charge in [-0.1, -0.05) is 0 Å². The molecule has 0 aromatic rings. The van der Waals surface area contributed by atoms with E-state index in [1.807, 2.05) is 0 Å². The Bertz CT molecular complexity index is 275. The molecule has 0 aliphatic heterocycles. The van der Waals surface area contributed by atoms with Crippen molar-refractivity contribution in [2.45, 2.75) is 34.1 Å². The first kappa shape index (κ1) is 14.6. The zero-order chi connectivity index (χ0) is 12.8. The van der Waals surface area contributed by atoms with Crippen LogP contribution >= 0.6 is 0 Å². The standard InChI is InChI=1S/C11H18O5/c1-5-15-9(13)6-8(12)7-16-10(14)11(2,3)4/h5-7H2,1-4H3. The smallest absolute Gasteiger partial charge is 0.313 e. The first-order valence-corrected chi connectivity index (χ1v) is 5.12. The molecule has 0 radical (unpaired) electrons. The van der Waals surface area contributed by atoms with E-state index < -0.39 is 23.1 Å². The number of carbonyl (C=O) groups excluding carboxylic acids is 3. The maximum Gasteiger partial charge on any atom is 0.313 e. The normalized spacial score (nSPS) is 10.8. The molecule has 92 valence electrons. The second-order valence-electron chi connectivity index (χ2n) is 4.35. The lowest BCUT2D eigenvalue weighted by Crippen LogP contribution is -2.26. The molecule has 0 amide bonds. The molecule has 5 heteroatoms. The van der Waals surface area contributed by atoms with E-state index in [1.165, 1.54) is 0 Å². The molecule has 16 heavy (non-hydrogen) atoms. The van der Waals surface area contributed by atoms with Gasteiger partial charge in [0.05, 0.1) is 12.0 Å². The van der Waals surface area contributed by atoms with Gasteiger partial charge in [-0.2, -0.15) is 0 Å². The van der Waals surface area contributed by atoms with Gasteiger partial charge in [-0.25, -0.2) is 0 Å². The van der Waals surface area contributed by atoms with Gasteiger partial charge in [0.1, 0.15) is 6.42 Å². The molecule has 0 aromatic heterocycles. The first-order valence-electron chi connectivity index (χ1n) is 5.12. The monoisotopic (exact) mass is 230 g/mol. The third-order valence-corrected chi connectivity index (χ3v) is 1.62. The maximum absolute atomic E-state index is 11.3. The summed E-state index contributed by atoms with van der Waals surface area (Å²) >= 11 is 0. The summed E-state index contributed by atoms with van der Waals surface area (Å²) in [7, 11) is 0. The molecule has 0 aliphatic carbocycles. The average Bonchev–Trinajstić information content (AvgIpc) is 2.12. The van der Waals surface area contributed by atoms with Gasteiger partial charge in [-0.05, 0) is 27.7 Å². The Morgan fingerprint density at radius 1 is 1.06 bits per heavy atom. The van der Waals surface area contributed by atoms with Crippen LogP contribution in [0.1, 0.15) is 34.1 Å². The fourth-order valence-corrected chi connectivity index (χ4v) is 0.787. The lowest BCUT2D eigenvalue weighted by atomic mass is 9.97. The number of carbonyl (C=O) groups is 3. The fourth-order valence-electron chi connectivity index (χ4n) is 0.787. The molecule has 0 fully saturated rings. The van der Waals surface area contributed by atoms with Crippen LogP contribution in [0.4, 0.5) is 0 Å². The average molecular weight is 230 g/mol. The van der Waals surface area contributed by atoms with Crippen molar-refractivity contribution in [3.63, 3.8) is 0 Å². The van der Waals surface area contributed by atoms with Crippen molar-refractivity contribution >= 4 is 17.7 Å². The van der Waals surface area contributed by atoms with Gasteiger partial charge in [-0.3, -0.25) is 14.4 Å². The molecule has 0 saturated heterocycles. The van der Waals surface area contributed by atoms with Crippen molar-refractivity contribution < 1.29 is 23.9 Å². The summed E-state index contributed by atoms with van der Waals surface area (Å²) in [6.45, 7) is 6.56. The highest BCUT2D eigenvalue weighted by molar-refractivity contribution is 5.97. The SMILES string of the molecule is CCOC(=O)CC(=O)COC(=O)C(C)(C)C. The number of hydrogen-bond donors (Lipinski definition) is 0. The first-order chi connectivity index (χ1) is 7.27. The minimum atomic E-state index is -0.649. The van der Waals surface area contributed by atoms with E-state index in [-0.39, 0.29) is 19.6 Å². The summed E-state index contributed by atoms with van der Waals surface area (Å²) in [6, 6.07) is 0. The van der Waals surface area contributed by atoms with Crippen LogP contribution in [-0.4, -0.2) is 30.9 Å². The predicted molar refractivity (Wildman–Crippen MR) is 56.7 cm³/mol. The van der Waals surface area contributed by atoms with Crippen molar-refractivity contribution in [1.82, 2.24) is 0 Å². The molecule has 0 N–H and O–H groups in total. The molecule has 0 saturated carbocycles. The minimum Gasteiger partial charge on any atom is -0.466 e. The molecule has 0 aliphatic rings. The van der Waals surface area contributed by atoms with Gasteiger partial charge in [0, 0.05) is 0 Å². The van der Waals surface area contributed by atoms with Gasteiger partial charge in [-0.15, -0.1) is 0 Å². The third-order valence-electron chi connectivity index (χ3n) is 1.62. The van der Waals surface area contributed by atoms with Crippen molar-refractivity contribution in [3.8, 4) is 0 Å². The Morgan fingerprint density at radius 2 is 1.62 bits per heavy atom. The van der Waals surface area contributed by atoms with Crippen LogP contribution in [0.3, 0.4) is 0 Å². The molecule has 0 spiro atoms. The summed E-state index contributed by atoms with van der Waals surface area (Å²) in [5.41, 5.74) is -0.649.